The average Bonchev–Trinajstić information content (AvgIpc) is 3.32. The molecule has 32 heavy (non-hydrogen) atoms. The third-order valence-corrected chi connectivity index (χ3v) is 6.09. The molecule has 0 bridgehead atoms. The molecule has 1 aromatic heterocycles. The zero-order valence-electron chi connectivity index (χ0n) is 18.6. The molecule has 1 aliphatic heterocycles. The van der Waals surface area contributed by atoms with Gasteiger partial charge in [-0.1, -0.05) is 31.0 Å². The number of para-hydroxylation sites is 1. The fourth-order valence-electron chi connectivity index (χ4n) is 4.45. The third kappa shape index (κ3) is 5.37. The van der Waals surface area contributed by atoms with Gasteiger partial charge < -0.3 is 20.9 Å². The van der Waals surface area contributed by atoms with Crippen LogP contribution in [0.4, 0.5) is 22.9 Å². The number of carbonyl (C=O) groups excluding carboxylic acids is 2. The van der Waals surface area contributed by atoms with Gasteiger partial charge in [0.2, 0.25) is 5.91 Å². The van der Waals surface area contributed by atoms with Gasteiger partial charge in [0, 0.05) is 51.5 Å². The molecule has 1 saturated carbocycles. The number of rotatable bonds is 7. The Labute approximate surface area is 189 Å². The lowest BCUT2D eigenvalue weighted by molar-refractivity contribution is -0.118. The van der Waals surface area contributed by atoms with E-state index < -0.39 is 5.91 Å². The number of anilines is 4. The van der Waals surface area contributed by atoms with Crippen LogP contribution in [-0.4, -0.2) is 49.5 Å². The smallest absolute Gasteiger partial charge is 0.261 e. The number of piperazine rings is 1. The summed E-state index contributed by atoms with van der Waals surface area (Å²) in [7, 11) is 0. The van der Waals surface area contributed by atoms with Crippen molar-refractivity contribution < 1.29 is 9.59 Å². The third-order valence-electron chi connectivity index (χ3n) is 6.09. The lowest BCUT2D eigenvalue weighted by atomic mass is 10.1. The van der Waals surface area contributed by atoms with Gasteiger partial charge in [0.15, 0.2) is 5.82 Å². The Bertz CT molecular complexity index is 937. The number of aromatic nitrogens is 1. The van der Waals surface area contributed by atoms with Crippen LogP contribution in [0.3, 0.4) is 0 Å². The predicted molar refractivity (Wildman–Crippen MR) is 128 cm³/mol. The molecule has 0 radical (unpaired) electrons. The summed E-state index contributed by atoms with van der Waals surface area (Å²) in [5.41, 5.74) is 2.75. The molecular formula is C24H32N6O2. The van der Waals surface area contributed by atoms with Crippen molar-refractivity contribution >= 4 is 34.7 Å². The highest BCUT2D eigenvalue weighted by Crippen LogP contribution is 2.38. The van der Waals surface area contributed by atoms with Crippen molar-refractivity contribution in [3.8, 4) is 0 Å². The van der Waals surface area contributed by atoms with Gasteiger partial charge in [0.05, 0.1) is 11.3 Å². The van der Waals surface area contributed by atoms with Gasteiger partial charge in [-0.15, -0.1) is 0 Å². The van der Waals surface area contributed by atoms with E-state index in [2.05, 4.69) is 26.2 Å². The number of hydrogen-bond acceptors (Lipinski definition) is 7. The van der Waals surface area contributed by atoms with Crippen molar-refractivity contribution in [3.05, 3.63) is 42.1 Å². The second kappa shape index (κ2) is 10.5. The fraction of sp³-hybridized carbons (Fsp3) is 0.458. The second-order valence-corrected chi connectivity index (χ2v) is 8.52. The van der Waals surface area contributed by atoms with Gasteiger partial charge in [0.1, 0.15) is 5.69 Å². The molecule has 2 amide bonds. The van der Waals surface area contributed by atoms with Crippen LogP contribution in [0.25, 0.3) is 0 Å². The number of nitrogens with zero attached hydrogens (tertiary/aromatic N) is 2. The zero-order chi connectivity index (χ0) is 22.3. The maximum atomic E-state index is 12.9. The van der Waals surface area contributed by atoms with E-state index >= 15 is 0 Å². The van der Waals surface area contributed by atoms with Crippen molar-refractivity contribution in [2.75, 3.05) is 48.3 Å². The van der Waals surface area contributed by atoms with Gasteiger partial charge >= 0.3 is 0 Å². The molecule has 1 saturated heterocycles. The summed E-state index contributed by atoms with van der Waals surface area (Å²) in [6.07, 6.45) is 6.48. The lowest BCUT2D eigenvalue weighted by Gasteiger charge is -2.31. The van der Waals surface area contributed by atoms with Crippen molar-refractivity contribution in [1.82, 2.24) is 15.6 Å². The molecule has 1 aromatic carbocycles. The largest absolute Gasteiger partial charge is 0.382 e. The van der Waals surface area contributed by atoms with Gasteiger partial charge in [-0.25, -0.2) is 4.98 Å². The molecule has 4 N–H and O–H groups in total. The molecular weight excluding hydrogens is 404 g/mol. The van der Waals surface area contributed by atoms with E-state index in [0.717, 1.165) is 49.9 Å². The Hall–Kier alpha value is -3.13. The highest BCUT2D eigenvalue weighted by atomic mass is 16.2. The summed E-state index contributed by atoms with van der Waals surface area (Å²) >= 11 is 0. The van der Waals surface area contributed by atoms with Crippen LogP contribution >= 0.6 is 0 Å². The minimum absolute atomic E-state index is 0.371. The highest BCUT2D eigenvalue weighted by Gasteiger charge is 2.25. The molecule has 2 fully saturated rings. The van der Waals surface area contributed by atoms with E-state index in [1.165, 1.54) is 32.6 Å². The molecule has 1 aliphatic carbocycles. The number of carbonyl (C=O) groups is 2. The first-order chi connectivity index (χ1) is 15.6. The number of benzene rings is 1. The van der Waals surface area contributed by atoms with Crippen LogP contribution in [0.1, 0.15) is 43.0 Å². The summed E-state index contributed by atoms with van der Waals surface area (Å²) in [5, 5.41) is 12.9. The minimum Gasteiger partial charge on any atom is -0.382 e. The van der Waals surface area contributed by atoms with E-state index in [4.69, 9.17) is 4.98 Å². The number of pyridine rings is 1. The maximum absolute atomic E-state index is 12.9. The quantitative estimate of drug-likeness (QED) is 0.529. The van der Waals surface area contributed by atoms with E-state index in [-0.39, 0.29) is 5.91 Å². The molecule has 8 heteroatoms. The number of nitrogens with one attached hydrogen (secondary N) is 4. The lowest BCUT2D eigenvalue weighted by Crippen LogP contribution is -2.44. The van der Waals surface area contributed by atoms with Crippen molar-refractivity contribution in [2.45, 2.75) is 32.6 Å². The van der Waals surface area contributed by atoms with E-state index in [0.29, 0.717) is 17.2 Å². The van der Waals surface area contributed by atoms with Crippen molar-refractivity contribution in [1.29, 1.82) is 0 Å². The number of hydrogen-bond donors (Lipinski definition) is 4. The van der Waals surface area contributed by atoms with Crippen molar-refractivity contribution in [2.24, 2.45) is 5.92 Å². The van der Waals surface area contributed by atoms with Crippen LogP contribution in [0, 0.1) is 5.92 Å². The summed E-state index contributed by atoms with van der Waals surface area (Å²) in [4.78, 5) is 31.4. The first-order valence-electron chi connectivity index (χ1n) is 11.5. The predicted octanol–water partition coefficient (Wildman–Crippen LogP) is 3.11. The zero-order valence-corrected chi connectivity index (χ0v) is 18.6. The van der Waals surface area contributed by atoms with Gasteiger partial charge in [-0.3, -0.25) is 14.9 Å². The average molecular weight is 437 g/mol. The normalized spacial score (nSPS) is 16.6. The highest BCUT2D eigenvalue weighted by molar-refractivity contribution is 6.10. The summed E-state index contributed by atoms with van der Waals surface area (Å²) < 4.78 is 0. The minimum atomic E-state index is -0.443. The van der Waals surface area contributed by atoms with E-state index in [9.17, 15) is 9.59 Å². The molecule has 2 aliphatic rings. The van der Waals surface area contributed by atoms with E-state index in [1.807, 2.05) is 30.3 Å². The molecule has 2 aromatic rings. The SMILES string of the molecule is CC(=O)NC(=O)c1cnc(N2CCNCC2)c(Nc2ccccc2)c1NCC1CCCC1. The molecule has 2 heterocycles. The summed E-state index contributed by atoms with van der Waals surface area (Å²) in [6.45, 7) is 5.55. The molecule has 4 rings (SSSR count). The molecule has 0 unspecified atom stereocenters. The molecule has 170 valence electrons. The van der Waals surface area contributed by atoms with Crippen molar-refractivity contribution in [3.63, 3.8) is 0 Å². The van der Waals surface area contributed by atoms with Crippen LogP contribution in [0.2, 0.25) is 0 Å². The Morgan fingerprint density at radius 2 is 1.81 bits per heavy atom. The Balaban J connectivity index is 1.76. The standard InChI is InChI=1S/C24H32N6O2/c1-17(31)28-24(32)20-16-27-23(30-13-11-25-12-14-30)22(29-19-9-3-2-4-10-19)21(20)26-15-18-7-5-6-8-18/h2-4,9-10,16,18,25,29H,5-8,11-15H2,1H3,(H,26,27)(H,28,31,32). The van der Waals surface area contributed by atoms with Gasteiger partial charge in [0.25, 0.3) is 5.91 Å². The van der Waals surface area contributed by atoms with Crippen LogP contribution in [0.5, 0.6) is 0 Å². The Kier molecular flexibility index (Phi) is 7.21. The van der Waals surface area contributed by atoms with Gasteiger partial charge in [-0.05, 0) is 30.9 Å². The first-order valence-corrected chi connectivity index (χ1v) is 11.5. The number of amides is 2. The Morgan fingerprint density at radius 1 is 1.09 bits per heavy atom. The Morgan fingerprint density at radius 3 is 2.50 bits per heavy atom. The summed E-state index contributed by atoms with van der Waals surface area (Å²) in [5.74, 6) is 0.560. The summed E-state index contributed by atoms with van der Waals surface area (Å²) in [6, 6.07) is 9.89. The number of imide groups is 1. The fourth-order valence-corrected chi connectivity index (χ4v) is 4.45. The monoisotopic (exact) mass is 436 g/mol. The van der Waals surface area contributed by atoms with Crippen LogP contribution < -0.4 is 26.2 Å². The first kappa shape index (κ1) is 22.1. The van der Waals surface area contributed by atoms with Gasteiger partial charge in [-0.2, -0.15) is 0 Å². The second-order valence-electron chi connectivity index (χ2n) is 8.52. The maximum Gasteiger partial charge on any atom is 0.261 e. The molecule has 0 spiro atoms. The molecule has 8 nitrogen and oxygen atoms in total. The van der Waals surface area contributed by atoms with E-state index in [1.54, 1.807) is 6.20 Å². The van der Waals surface area contributed by atoms with Crippen LogP contribution in [0.15, 0.2) is 36.5 Å². The molecule has 0 atom stereocenters. The topological polar surface area (TPSA) is 98.4 Å². The van der Waals surface area contributed by atoms with Crippen LogP contribution in [-0.2, 0) is 4.79 Å².